The van der Waals surface area contributed by atoms with E-state index in [1.54, 1.807) is 24.4 Å². The van der Waals surface area contributed by atoms with E-state index >= 15 is 4.39 Å². The van der Waals surface area contributed by atoms with Gasteiger partial charge in [0, 0.05) is 5.56 Å². The maximum absolute atomic E-state index is 15.3. The highest BCUT2D eigenvalue weighted by Crippen LogP contribution is 2.47. The minimum atomic E-state index is -0.785. The van der Waals surface area contributed by atoms with Crippen molar-refractivity contribution < 1.29 is 23.8 Å². The van der Waals surface area contributed by atoms with Crippen molar-refractivity contribution >= 4 is 11.5 Å². The van der Waals surface area contributed by atoms with Gasteiger partial charge in [0.1, 0.15) is 12.4 Å². The van der Waals surface area contributed by atoms with Gasteiger partial charge in [-0.2, -0.15) is 0 Å². The Labute approximate surface area is 222 Å². The summed E-state index contributed by atoms with van der Waals surface area (Å²) in [6.45, 7) is 4.52. The summed E-state index contributed by atoms with van der Waals surface area (Å²) in [6, 6.07) is 12.7. The molecule has 198 valence electrons. The van der Waals surface area contributed by atoms with E-state index in [-0.39, 0.29) is 30.1 Å². The molecule has 0 spiro atoms. The predicted molar refractivity (Wildman–Crippen MR) is 143 cm³/mol. The van der Waals surface area contributed by atoms with Crippen LogP contribution in [-0.4, -0.2) is 28.2 Å². The van der Waals surface area contributed by atoms with Gasteiger partial charge in [0.2, 0.25) is 0 Å². The lowest BCUT2D eigenvalue weighted by Gasteiger charge is -2.24. The van der Waals surface area contributed by atoms with Crippen LogP contribution in [0.2, 0.25) is 0 Å². The third kappa shape index (κ3) is 5.42. The number of benzene rings is 2. The fourth-order valence-electron chi connectivity index (χ4n) is 5.37. The summed E-state index contributed by atoms with van der Waals surface area (Å²) >= 11 is 0. The number of carboxylic acids is 1. The summed E-state index contributed by atoms with van der Waals surface area (Å²) in [5.74, 6) is -0.0136. The smallest absolute Gasteiger partial charge is 0.303 e. The molecule has 0 unspecified atom stereocenters. The van der Waals surface area contributed by atoms with E-state index in [2.05, 4.69) is 24.9 Å². The van der Waals surface area contributed by atoms with Gasteiger partial charge in [-0.1, -0.05) is 38.1 Å². The molecule has 1 fully saturated rings. The van der Waals surface area contributed by atoms with Gasteiger partial charge < -0.3 is 14.6 Å². The average molecular weight is 517 g/mol. The second kappa shape index (κ2) is 10.6. The van der Waals surface area contributed by atoms with Crippen LogP contribution in [-0.2, 0) is 11.4 Å². The first-order valence-electron chi connectivity index (χ1n) is 13.1. The molecule has 1 aromatic heterocycles. The fraction of sp³-hybridized carbons (Fsp3) is 0.387. The van der Waals surface area contributed by atoms with Crippen molar-refractivity contribution in [3.05, 3.63) is 77.5 Å². The Bertz CT molecular complexity index is 1380. The van der Waals surface area contributed by atoms with Crippen LogP contribution in [0.5, 0.6) is 11.5 Å². The molecular formula is C31H33FN2O4. The molecular weight excluding hydrogens is 483 g/mol. The van der Waals surface area contributed by atoms with Gasteiger partial charge in [0.25, 0.3) is 0 Å². The Morgan fingerprint density at radius 1 is 1.18 bits per heavy atom. The minimum absolute atomic E-state index is 0.00368. The molecule has 1 heterocycles. The summed E-state index contributed by atoms with van der Waals surface area (Å²) in [5.41, 5.74) is 4.03. The molecule has 6 nitrogen and oxygen atoms in total. The Morgan fingerprint density at radius 2 is 1.97 bits per heavy atom. The highest BCUT2D eigenvalue weighted by Gasteiger charge is 2.34. The molecule has 1 N–H and O–H groups in total. The first kappa shape index (κ1) is 25.9. The molecule has 0 radical (unpaired) electrons. The molecule has 0 saturated heterocycles. The number of ether oxygens (including phenoxy) is 2. The van der Waals surface area contributed by atoms with Crippen LogP contribution < -0.4 is 9.47 Å². The fourth-order valence-corrected chi connectivity index (χ4v) is 5.37. The van der Waals surface area contributed by atoms with Crippen molar-refractivity contribution in [2.24, 2.45) is 11.3 Å². The van der Waals surface area contributed by atoms with Crippen LogP contribution >= 0.6 is 0 Å². The molecule has 0 aliphatic heterocycles. The number of hydrogen-bond acceptors (Lipinski definition) is 5. The summed E-state index contributed by atoms with van der Waals surface area (Å²) in [4.78, 5) is 21.0. The van der Waals surface area contributed by atoms with Gasteiger partial charge in [-0.15, -0.1) is 0 Å². The maximum atomic E-state index is 15.3. The second-order valence-electron chi connectivity index (χ2n) is 10.8. The van der Waals surface area contributed by atoms with Crippen LogP contribution in [0.25, 0.3) is 16.8 Å². The van der Waals surface area contributed by atoms with E-state index in [1.165, 1.54) is 7.11 Å². The summed E-state index contributed by atoms with van der Waals surface area (Å²) in [6.07, 6.45) is 7.95. The Morgan fingerprint density at radius 3 is 2.66 bits per heavy atom. The van der Waals surface area contributed by atoms with E-state index in [0.29, 0.717) is 34.3 Å². The number of methoxy groups -OCH3 is 1. The van der Waals surface area contributed by atoms with Crippen LogP contribution in [0, 0.1) is 17.2 Å². The maximum Gasteiger partial charge on any atom is 0.303 e. The number of carboxylic acid groups (broad SMARTS) is 1. The predicted octanol–water partition coefficient (Wildman–Crippen LogP) is 7.04. The van der Waals surface area contributed by atoms with Crippen molar-refractivity contribution in [2.75, 3.05) is 7.11 Å². The summed E-state index contributed by atoms with van der Waals surface area (Å²) in [5, 5.41) is 9.37. The number of aromatic nitrogens is 2. The highest BCUT2D eigenvalue weighted by molar-refractivity contribution is 5.80. The van der Waals surface area contributed by atoms with Gasteiger partial charge in [0.05, 0.1) is 36.8 Å². The third-order valence-electron chi connectivity index (χ3n) is 7.62. The quantitative estimate of drug-likeness (QED) is 0.311. The third-order valence-corrected chi connectivity index (χ3v) is 7.62. The van der Waals surface area contributed by atoms with Crippen molar-refractivity contribution in [2.45, 2.75) is 58.5 Å². The largest absolute Gasteiger partial charge is 0.494 e. The zero-order valence-corrected chi connectivity index (χ0v) is 22.0. The van der Waals surface area contributed by atoms with Gasteiger partial charge >= 0.3 is 5.97 Å². The van der Waals surface area contributed by atoms with E-state index in [0.717, 1.165) is 36.8 Å². The molecule has 2 aromatic carbocycles. The molecule has 7 heteroatoms. The van der Waals surface area contributed by atoms with E-state index in [4.69, 9.17) is 14.5 Å². The molecule has 0 amide bonds. The molecule has 0 bridgehead atoms. The number of hydrogen-bond donors (Lipinski definition) is 1. The van der Waals surface area contributed by atoms with E-state index in [9.17, 15) is 9.90 Å². The van der Waals surface area contributed by atoms with Gasteiger partial charge in [-0.3, -0.25) is 9.78 Å². The molecule has 5 rings (SSSR count). The lowest BCUT2D eigenvalue weighted by atomic mass is 9.83. The van der Waals surface area contributed by atoms with Crippen LogP contribution in [0.4, 0.5) is 4.39 Å². The number of rotatable bonds is 10. The monoisotopic (exact) mass is 516 g/mol. The second-order valence-corrected chi connectivity index (χ2v) is 10.8. The highest BCUT2D eigenvalue weighted by atomic mass is 19.1. The first-order valence-corrected chi connectivity index (χ1v) is 13.1. The lowest BCUT2D eigenvalue weighted by Crippen LogP contribution is -2.13. The van der Waals surface area contributed by atoms with Crippen LogP contribution in [0.1, 0.15) is 68.8 Å². The molecule has 1 atom stereocenters. The SMILES string of the molecule is COc1cccc(-c2ncc(COc3cccc([C@@H](CC(=O)O)C4CC4)c3)nc2C2=CCCC2(C)C)c1F. The summed E-state index contributed by atoms with van der Waals surface area (Å²) < 4.78 is 26.6. The van der Waals surface area contributed by atoms with Crippen molar-refractivity contribution in [1.82, 2.24) is 9.97 Å². The molecule has 38 heavy (non-hydrogen) atoms. The van der Waals surface area contributed by atoms with Crippen molar-refractivity contribution in [3.8, 4) is 22.8 Å². The number of carbonyl (C=O) groups is 1. The molecule has 2 aliphatic carbocycles. The zero-order valence-electron chi connectivity index (χ0n) is 22.0. The average Bonchev–Trinajstić information content (AvgIpc) is 3.68. The zero-order chi connectivity index (χ0) is 26.9. The topological polar surface area (TPSA) is 81.5 Å². The van der Waals surface area contributed by atoms with Crippen molar-refractivity contribution in [1.29, 1.82) is 0 Å². The number of aliphatic carboxylic acids is 1. The Hall–Kier alpha value is -3.74. The van der Waals surface area contributed by atoms with Crippen LogP contribution in [0.3, 0.4) is 0 Å². The minimum Gasteiger partial charge on any atom is -0.494 e. The lowest BCUT2D eigenvalue weighted by molar-refractivity contribution is -0.137. The molecule has 2 aliphatic rings. The van der Waals surface area contributed by atoms with Gasteiger partial charge in [-0.05, 0) is 78.3 Å². The van der Waals surface area contributed by atoms with E-state index in [1.807, 2.05) is 24.3 Å². The molecule has 1 saturated carbocycles. The standard InChI is InChI=1S/C31H33FN2O4/c1-31(2)14-6-10-25(31)30-29(23-9-5-11-26(37-3)28(23)32)33-17-21(34-30)18-38-22-8-4-7-20(15-22)24(16-27(35)36)19-12-13-19/h4-5,7-11,15,17,19,24H,6,12-14,16,18H2,1-3H3,(H,35,36)/t24-/m0/s1. The Kier molecular flexibility index (Phi) is 7.19. The van der Waals surface area contributed by atoms with Crippen molar-refractivity contribution in [3.63, 3.8) is 0 Å². The number of allylic oxidation sites excluding steroid dienone is 2. The van der Waals surface area contributed by atoms with Gasteiger partial charge in [-0.25, -0.2) is 9.37 Å². The first-order chi connectivity index (χ1) is 18.3. The van der Waals surface area contributed by atoms with Crippen LogP contribution in [0.15, 0.2) is 54.7 Å². The summed E-state index contributed by atoms with van der Waals surface area (Å²) in [7, 11) is 1.45. The molecule has 3 aromatic rings. The van der Waals surface area contributed by atoms with E-state index < -0.39 is 11.8 Å². The normalized spacial score (nSPS) is 17.1. The number of nitrogens with zero attached hydrogens (tertiary/aromatic N) is 2. The number of halogens is 1. The Balaban J connectivity index is 1.44. The van der Waals surface area contributed by atoms with Gasteiger partial charge in [0.15, 0.2) is 11.6 Å².